The quantitative estimate of drug-likeness (QED) is 0.558. The molecule has 27 heavy (non-hydrogen) atoms. The molecule has 0 aliphatic carbocycles. The number of pyridine rings is 1. The third-order valence-corrected chi connectivity index (χ3v) is 5.81. The van der Waals surface area contributed by atoms with Crippen molar-refractivity contribution in [2.45, 2.75) is 18.7 Å². The zero-order valence-electron chi connectivity index (χ0n) is 14.8. The maximum Gasteiger partial charge on any atom is 0.218 e. The molecule has 3 aromatic rings. The van der Waals surface area contributed by atoms with Crippen LogP contribution in [0.5, 0.6) is 0 Å². The Labute approximate surface area is 156 Å². The van der Waals surface area contributed by atoms with Gasteiger partial charge in [-0.1, -0.05) is 35.9 Å². The Balaban J connectivity index is 2.19. The molecule has 0 unspecified atom stereocenters. The van der Waals surface area contributed by atoms with Crippen molar-refractivity contribution in [1.29, 1.82) is 5.26 Å². The lowest BCUT2D eigenvalue weighted by Gasteiger charge is -2.07. The summed E-state index contributed by atoms with van der Waals surface area (Å²) in [6.07, 6.45) is 1.05. The Morgan fingerprint density at radius 3 is 2.48 bits per heavy atom. The Hall–Kier alpha value is -3.37. The molecule has 6 nitrogen and oxygen atoms in total. The molecule has 0 saturated heterocycles. The van der Waals surface area contributed by atoms with Gasteiger partial charge in [-0.2, -0.15) is 9.99 Å². The molecular weight excluding hydrogens is 362 g/mol. The van der Waals surface area contributed by atoms with E-state index < -0.39 is 14.7 Å². The predicted octanol–water partition coefficient (Wildman–Crippen LogP) is 3.24. The molecule has 0 atom stereocenters. The molecule has 0 amide bonds. The lowest BCUT2D eigenvalue weighted by atomic mass is 10.2. The van der Waals surface area contributed by atoms with E-state index in [1.54, 1.807) is 55.5 Å². The summed E-state index contributed by atoms with van der Waals surface area (Å²) in [5.74, 6) is 0. The molecule has 3 rings (SSSR count). The number of para-hydroxylation sites is 1. The summed E-state index contributed by atoms with van der Waals surface area (Å²) in [4.78, 5) is 3.82. The Morgan fingerprint density at radius 1 is 1.15 bits per heavy atom. The average Bonchev–Trinajstić information content (AvgIpc) is 2.66. The minimum Gasteiger partial charge on any atom is -0.428 e. The van der Waals surface area contributed by atoms with E-state index in [1.807, 2.05) is 6.92 Å². The molecule has 1 N–H and O–H groups in total. The normalized spacial score (nSPS) is 12.9. The molecule has 0 fully saturated rings. The van der Waals surface area contributed by atoms with Crippen molar-refractivity contribution in [2.24, 2.45) is 4.99 Å². The van der Waals surface area contributed by atoms with Crippen molar-refractivity contribution in [3.05, 3.63) is 82.3 Å². The highest BCUT2D eigenvalue weighted by molar-refractivity contribution is 7.95. The highest BCUT2D eigenvalue weighted by Gasteiger charge is 2.20. The van der Waals surface area contributed by atoms with Crippen molar-refractivity contribution in [3.63, 3.8) is 0 Å². The van der Waals surface area contributed by atoms with Crippen LogP contribution in [0.2, 0.25) is 0 Å². The van der Waals surface area contributed by atoms with Crippen LogP contribution in [0, 0.1) is 25.2 Å². The molecule has 7 heteroatoms. The minimum atomic E-state index is -3.96. The van der Waals surface area contributed by atoms with E-state index in [1.165, 1.54) is 12.1 Å². The molecule has 0 saturated carbocycles. The summed E-state index contributed by atoms with van der Waals surface area (Å²) in [6, 6.07) is 16.7. The lowest BCUT2D eigenvalue weighted by molar-refractivity contribution is 0.191. The van der Waals surface area contributed by atoms with E-state index in [-0.39, 0.29) is 4.90 Å². The van der Waals surface area contributed by atoms with E-state index in [4.69, 9.17) is 0 Å². The van der Waals surface area contributed by atoms with Crippen LogP contribution in [0.3, 0.4) is 0 Å². The average molecular weight is 379 g/mol. The van der Waals surface area contributed by atoms with Crippen molar-refractivity contribution in [1.82, 2.24) is 4.73 Å². The molecule has 2 aromatic carbocycles. The number of aryl methyl sites for hydroxylation is 2. The first-order chi connectivity index (χ1) is 12.8. The maximum absolute atomic E-state index is 12.7. The second-order valence-electron chi connectivity index (χ2n) is 6.05. The Morgan fingerprint density at radius 2 is 1.81 bits per heavy atom. The zero-order valence-corrected chi connectivity index (χ0v) is 15.6. The van der Waals surface area contributed by atoms with Crippen LogP contribution < -0.4 is 5.36 Å². The van der Waals surface area contributed by atoms with Gasteiger partial charge in [-0.05, 0) is 38.1 Å². The second kappa shape index (κ2) is 7.09. The van der Waals surface area contributed by atoms with Crippen LogP contribution in [0.15, 0.2) is 75.6 Å². The van der Waals surface area contributed by atoms with Crippen LogP contribution in [-0.4, -0.2) is 18.4 Å². The number of nitrogens with zero attached hydrogens (tertiary/aromatic N) is 3. The zero-order chi connectivity index (χ0) is 19.6. The number of fused-ring (bicyclic) bond motifs is 1. The Kier molecular flexibility index (Phi) is 4.84. The predicted molar refractivity (Wildman–Crippen MR) is 101 cm³/mol. The number of nitriles is 1. The summed E-state index contributed by atoms with van der Waals surface area (Å²) in [5.41, 5.74) is 1.98. The summed E-state index contributed by atoms with van der Waals surface area (Å²) in [7, 11) is -3.96. The number of sulfone groups is 1. The monoisotopic (exact) mass is 379 g/mol. The third-order valence-electron chi connectivity index (χ3n) is 4.14. The van der Waals surface area contributed by atoms with Crippen LogP contribution in [0.1, 0.15) is 11.3 Å². The first-order valence-electron chi connectivity index (χ1n) is 8.11. The van der Waals surface area contributed by atoms with E-state index in [0.717, 1.165) is 16.5 Å². The first kappa shape index (κ1) is 18.4. The van der Waals surface area contributed by atoms with Gasteiger partial charge in [-0.3, -0.25) is 4.99 Å². The highest BCUT2D eigenvalue weighted by atomic mass is 32.2. The molecule has 0 aliphatic heterocycles. The van der Waals surface area contributed by atoms with Gasteiger partial charge in [0.25, 0.3) is 0 Å². The van der Waals surface area contributed by atoms with E-state index in [2.05, 4.69) is 4.99 Å². The number of hydrogen-bond donors (Lipinski definition) is 1. The fourth-order valence-electron chi connectivity index (χ4n) is 2.64. The molecule has 136 valence electrons. The van der Waals surface area contributed by atoms with Gasteiger partial charge in [0.05, 0.1) is 27.7 Å². The number of benzene rings is 2. The Bertz CT molecular complexity index is 1260. The molecule has 1 aromatic heterocycles. The SMILES string of the molecule is Cc1ccc(S(=O)(=O)C(C#N)=CN=c2cc(C)n(O)c3ccccc23)cc1. The largest absolute Gasteiger partial charge is 0.428 e. The molecule has 1 heterocycles. The van der Waals surface area contributed by atoms with E-state index in [9.17, 15) is 18.9 Å². The molecular formula is C20H17N3O3S. The maximum atomic E-state index is 12.7. The molecule has 0 spiro atoms. The molecule has 0 bridgehead atoms. The molecule has 0 radical (unpaired) electrons. The van der Waals surface area contributed by atoms with E-state index in [0.29, 0.717) is 22.0 Å². The van der Waals surface area contributed by atoms with Gasteiger partial charge < -0.3 is 5.21 Å². The van der Waals surface area contributed by atoms with Gasteiger partial charge >= 0.3 is 0 Å². The van der Waals surface area contributed by atoms with Crippen LogP contribution in [0.4, 0.5) is 0 Å². The second-order valence-corrected chi connectivity index (χ2v) is 7.97. The van der Waals surface area contributed by atoms with Gasteiger partial charge in [-0.15, -0.1) is 0 Å². The lowest BCUT2D eigenvalue weighted by Crippen LogP contribution is -2.11. The molecule has 0 aliphatic rings. The van der Waals surface area contributed by atoms with Gasteiger partial charge in [0.15, 0.2) is 4.91 Å². The minimum absolute atomic E-state index is 0.0402. The number of hydrogen-bond acceptors (Lipinski definition) is 5. The number of allylic oxidation sites excluding steroid dienone is 1. The van der Waals surface area contributed by atoms with Gasteiger partial charge in [0.1, 0.15) is 6.07 Å². The topological polar surface area (TPSA) is 95.5 Å². The highest BCUT2D eigenvalue weighted by Crippen LogP contribution is 2.19. The summed E-state index contributed by atoms with van der Waals surface area (Å²) >= 11 is 0. The smallest absolute Gasteiger partial charge is 0.218 e. The summed E-state index contributed by atoms with van der Waals surface area (Å²) in [5, 5.41) is 20.6. The number of aromatic nitrogens is 1. The van der Waals surface area contributed by atoms with Crippen molar-refractivity contribution in [2.75, 3.05) is 0 Å². The van der Waals surface area contributed by atoms with Crippen LogP contribution in [0.25, 0.3) is 10.9 Å². The van der Waals surface area contributed by atoms with Crippen molar-refractivity contribution >= 4 is 20.7 Å². The van der Waals surface area contributed by atoms with Gasteiger partial charge in [0.2, 0.25) is 9.84 Å². The van der Waals surface area contributed by atoms with Gasteiger partial charge in [-0.25, -0.2) is 8.42 Å². The fourth-order valence-corrected chi connectivity index (χ4v) is 3.70. The summed E-state index contributed by atoms with van der Waals surface area (Å²) < 4.78 is 26.4. The standard InChI is InChI=1S/C20H17N3O3S/c1-14-7-9-16(10-8-14)27(25,26)17(12-21)13-22-19-11-15(2)23(24)20-6-4-3-5-18(19)20/h3-11,13,24H,1-2H3. The van der Waals surface area contributed by atoms with Crippen LogP contribution >= 0.6 is 0 Å². The third kappa shape index (κ3) is 3.48. The van der Waals surface area contributed by atoms with E-state index >= 15 is 0 Å². The van der Waals surface area contributed by atoms with Crippen molar-refractivity contribution in [3.8, 4) is 6.07 Å². The number of rotatable bonds is 3. The van der Waals surface area contributed by atoms with Crippen LogP contribution in [-0.2, 0) is 9.84 Å². The fraction of sp³-hybridized carbons (Fsp3) is 0.100. The first-order valence-corrected chi connectivity index (χ1v) is 9.59. The van der Waals surface area contributed by atoms with Gasteiger partial charge in [0, 0.05) is 5.39 Å². The van der Waals surface area contributed by atoms with Crippen molar-refractivity contribution < 1.29 is 13.6 Å². The summed E-state index contributed by atoms with van der Waals surface area (Å²) in [6.45, 7) is 3.55.